The molecule has 2 aromatic heterocycles. The van der Waals surface area contributed by atoms with Crippen LogP contribution in [0.1, 0.15) is 19.7 Å². The molecule has 0 aliphatic carbocycles. The molecule has 5 heterocycles. The molecule has 5 rings (SSSR count). The van der Waals surface area contributed by atoms with Gasteiger partial charge in [-0.15, -0.1) is 11.8 Å². The van der Waals surface area contributed by atoms with Crippen LogP contribution in [0, 0.1) is 0 Å². The van der Waals surface area contributed by atoms with Crippen molar-refractivity contribution in [3.63, 3.8) is 0 Å². The number of thioether (sulfide) groups is 1. The first kappa shape index (κ1) is 33.8. The molecule has 0 aromatic carbocycles. The lowest BCUT2D eigenvalue weighted by atomic mass is 10.0. The van der Waals surface area contributed by atoms with Crippen LogP contribution in [0.3, 0.4) is 0 Å². The number of rotatable bonds is 11. The fraction of sp³-hybridized carbons (Fsp3) is 0.296. The second-order valence-corrected chi connectivity index (χ2v) is 12.7. The van der Waals surface area contributed by atoms with Gasteiger partial charge < -0.3 is 36.5 Å². The Kier molecular flexibility index (Phi) is 9.36. The van der Waals surface area contributed by atoms with E-state index in [-0.39, 0.29) is 34.6 Å². The summed E-state index contributed by atoms with van der Waals surface area (Å²) in [6, 6.07) is 1.97. The largest absolute Gasteiger partial charge is 0.478 e. The number of β-lactam (4-membered cyclic amide) rings is 1. The predicted octanol–water partition coefficient (Wildman–Crippen LogP) is -1.73. The molecule has 48 heavy (non-hydrogen) atoms. The number of aliphatic imine (C=N–C) groups is 1. The number of oxime groups is 1. The fourth-order valence-electron chi connectivity index (χ4n) is 4.44. The number of anilines is 2. The van der Waals surface area contributed by atoms with E-state index >= 15 is 0 Å². The molecule has 1 fully saturated rings. The average molecular weight is 701 g/mol. The van der Waals surface area contributed by atoms with E-state index in [9.17, 15) is 44.1 Å². The number of aliphatic carboxylic acids is 2. The van der Waals surface area contributed by atoms with Gasteiger partial charge in [-0.25, -0.2) is 9.59 Å². The van der Waals surface area contributed by atoms with Crippen LogP contribution in [0.5, 0.6) is 0 Å². The maximum atomic E-state index is 13.3. The molecule has 0 bridgehead atoms. The number of carbonyl (C=O) groups excluding carboxylic acids is 4. The SMILES string of the molecule is CC(C)(ON=C(C(=O)N[C@@H]1C(=O)N2C(C(=O)O)=C(C[n+]3cccc(NC(=O)C4=CC(=O)C(O)C=N4)c3)CS[C@@H]12)c1nsc(N)n1)C(=O)O. The second-order valence-electron chi connectivity index (χ2n) is 10.8. The summed E-state index contributed by atoms with van der Waals surface area (Å²) in [6.45, 7) is 2.42. The Morgan fingerprint density at radius 1 is 1.25 bits per heavy atom. The number of nitrogens with one attached hydrogen (secondary N) is 2. The van der Waals surface area contributed by atoms with Crippen molar-refractivity contribution in [2.45, 2.75) is 43.5 Å². The standard InChI is InChI=1S/C27H25N9O10S2/c1-27(2,25(44)45)46-33-16(19-32-26(28)48-34-19)21(40)31-17-22(41)36-18(24(42)43)11(10-47-23(17)36)8-35-5-3-4-12(9-35)30-20(39)13-6-14(37)15(38)7-29-13/h3-7,9,15,17,23,38H,8,10H2,1-2H3,(H5-,28,30,31,32,34,39,40,42,43,44,45)/p+1/t15?,17-,23+/m1/s1. The van der Waals surface area contributed by atoms with Crippen molar-refractivity contribution >= 4 is 81.5 Å². The maximum Gasteiger partial charge on any atom is 0.352 e. The summed E-state index contributed by atoms with van der Waals surface area (Å²) in [7, 11) is 0. The number of ketones is 1. The molecule has 21 heteroatoms. The molecule has 1 saturated heterocycles. The molecule has 0 saturated carbocycles. The topological polar surface area (TPSA) is 280 Å². The molecule has 3 atom stereocenters. The van der Waals surface area contributed by atoms with Gasteiger partial charge in [-0.05, 0) is 19.9 Å². The number of nitrogens with two attached hydrogens (primary N) is 1. The number of hydrogen-bond donors (Lipinski definition) is 6. The number of hydrogen-bond acceptors (Lipinski definition) is 15. The Labute approximate surface area is 278 Å². The molecular weight excluding hydrogens is 674 g/mol. The Hall–Kier alpha value is -5.54. The number of aliphatic hydroxyl groups excluding tert-OH is 1. The second kappa shape index (κ2) is 13.3. The third kappa shape index (κ3) is 6.91. The van der Waals surface area contributed by atoms with E-state index < -0.39 is 64.3 Å². The third-order valence-corrected chi connectivity index (χ3v) is 8.81. The van der Waals surface area contributed by atoms with Crippen molar-refractivity contribution in [2.24, 2.45) is 10.1 Å². The lowest BCUT2D eigenvalue weighted by Gasteiger charge is -2.49. The van der Waals surface area contributed by atoms with Gasteiger partial charge in [-0.2, -0.15) is 13.9 Å². The Morgan fingerprint density at radius 3 is 2.65 bits per heavy atom. The van der Waals surface area contributed by atoms with Crippen molar-refractivity contribution in [1.29, 1.82) is 0 Å². The van der Waals surface area contributed by atoms with Gasteiger partial charge in [0.05, 0.1) is 0 Å². The van der Waals surface area contributed by atoms with Crippen LogP contribution in [-0.4, -0.2) is 106 Å². The molecule has 2 aromatic rings. The van der Waals surface area contributed by atoms with E-state index in [1.54, 1.807) is 22.9 Å². The number of fused-ring (bicyclic) bond motifs is 1. The van der Waals surface area contributed by atoms with Gasteiger partial charge in [0.15, 0.2) is 36.0 Å². The third-order valence-electron chi connectivity index (χ3n) is 6.93. The number of amides is 3. The Balaban J connectivity index is 1.31. The summed E-state index contributed by atoms with van der Waals surface area (Å²) in [5.41, 5.74) is 3.44. The van der Waals surface area contributed by atoms with Crippen LogP contribution in [-0.2, 0) is 40.1 Å². The van der Waals surface area contributed by atoms with Crippen molar-refractivity contribution in [2.75, 3.05) is 16.8 Å². The number of aromatic nitrogens is 3. The zero-order valence-corrected chi connectivity index (χ0v) is 26.5. The minimum Gasteiger partial charge on any atom is -0.478 e. The number of carbonyl (C=O) groups is 6. The zero-order chi connectivity index (χ0) is 34.9. The lowest BCUT2D eigenvalue weighted by Crippen LogP contribution is -2.71. The number of nitrogen functional groups attached to an aromatic ring is 1. The van der Waals surface area contributed by atoms with Gasteiger partial charge in [0.1, 0.15) is 28.5 Å². The summed E-state index contributed by atoms with van der Waals surface area (Å²) in [4.78, 5) is 88.4. The van der Waals surface area contributed by atoms with E-state index in [4.69, 9.17) is 10.6 Å². The van der Waals surface area contributed by atoms with E-state index in [2.05, 4.69) is 30.1 Å². The van der Waals surface area contributed by atoms with Crippen molar-refractivity contribution in [3.05, 3.63) is 53.4 Å². The first-order valence-electron chi connectivity index (χ1n) is 13.7. The van der Waals surface area contributed by atoms with Gasteiger partial charge >= 0.3 is 11.9 Å². The lowest BCUT2D eigenvalue weighted by molar-refractivity contribution is -0.688. The Bertz CT molecular complexity index is 1870. The van der Waals surface area contributed by atoms with Crippen LogP contribution in [0.25, 0.3) is 0 Å². The molecule has 3 aliphatic heterocycles. The molecule has 250 valence electrons. The van der Waals surface area contributed by atoms with Crippen LogP contribution in [0.2, 0.25) is 0 Å². The summed E-state index contributed by atoms with van der Waals surface area (Å²) in [5.74, 6) is -5.96. The molecule has 19 nitrogen and oxygen atoms in total. The molecule has 0 radical (unpaired) electrons. The zero-order valence-electron chi connectivity index (χ0n) is 24.9. The quantitative estimate of drug-likeness (QED) is 0.0658. The molecule has 1 unspecified atom stereocenters. The summed E-state index contributed by atoms with van der Waals surface area (Å²) >= 11 is 1.94. The monoisotopic (exact) mass is 700 g/mol. The smallest absolute Gasteiger partial charge is 0.352 e. The molecule has 7 N–H and O–H groups in total. The number of carboxylic acid groups (broad SMARTS) is 2. The average Bonchev–Trinajstić information content (AvgIpc) is 3.46. The van der Waals surface area contributed by atoms with Crippen LogP contribution in [0.4, 0.5) is 10.8 Å². The van der Waals surface area contributed by atoms with Crippen molar-refractivity contribution in [1.82, 2.24) is 19.6 Å². The number of nitrogens with zero attached hydrogens (tertiary/aromatic N) is 6. The number of pyridine rings is 1. The minimum atomic E-state index is -1.83. The molecule has 3 amide bonds. The summed E-state index contributed by atoms with van der Waals surface area (Å²) in [6.07, 6.45) is 3.58. The first-order valence-corrected chi connectivity index (χ1v) is 15.6. The predicted molar refractivity (Wildman–Crippen MR) is 166 cm³/mol. The van der Waals surface area contributed by atoms with Gasteiger partial charge in [0.25, 0.3) is 17.7 Å². The van der Waals surface area contributed by atoms with Crippen LogP contribution < -0.4 is 20.9 Å². The highest BCUT2D eigenvalue weighted by molar-refractivity contribution is 8.00. The van der Waals surface area contributed by atoms with E-state index in [0.717, 1.165) is 28.7 Å². The van der Waals surface area contributed by atoms with Crippen molar-refractivity contribution < 1.29 is 53.5 Å². The van der Waals surface area contributed by atoms with E-state index in [0.29, 0.717) is 11.3 Å². The highest BCUT2D eigenvalue weighted by Gasteiger charge is 2.55. The summed E-state index contributed by atoms with van der Waals surface area (Å²) < 4.78 is 5.50. The van der Waals surface area contributed by atoms with Gasteiger partial charge in [0, 0.05) is 41.2 Å². The first-order chi connectivity index (χ1) is 22.7. The number of aliphatic hydroxyl groups is 1. The molecule has 3 aliphatic rings. The van der Waals surface area contributed by atoms with Gasteiger partial charge in [-0.1, -0.05) is 5.16 Å². The van der Waals surface area contributed by atoms with Crippen LogP contribution >= 0.6 is 23.3 Å². The Morgan fingerprint density at radius 2 is 2.00 bits per heavy atom. The minimum absolute atomic E-state index is 0.0146. The van der Waals surface area contributed by atoms with Crippen LogP contribution in [0.15, 0.2) is 57.7 Å². The fourth-order valence-corrected chi connectivity index (χ4v) is 6.21. The van der Waals surface area contributed by atoms with Crippen molar-refractivity contribution in [3.8, 4) is 0 Å². The van der Waals surface area contributed by atoms with E-state index in [1.165, 1.54) is 31.8 Å². The maximum absolute atomic E-state index is 13.3. The molecule has 0 spiro atoms. The van der Waals surface area contributed by atoms with Gasteiger partial charge in [-0.3, -0.25) is 29.1 Å². The highest BCUT2D eigenvalue weighted by atomic mass is 32.2. The number of carboxylic acids is 2. The normalized spacial score (nSPS) is 20.8. The van der Waals surface area contributed by atoms with Gasteiger partial charge in [0.2, 0.25) is 17.1 Å². The highest BCUT2D eigenvalue weighted by Crippen LogP contribution is 2.40. The van der Waals surface area contributed by atoms with E-state index in [1.807, 2.05) is 0 Å². The molecular formula is C27H26N9O10S2+. The summed E-state index contributed by atoms with van der Waals surface area (Å²) in [5, 5.41) is 36.8.